The molecule has 0 bridgehead atoms. The highest BCUT2D eigenvalue weighted by Gasteiger charge is 2.43. The molecule has 2 atom stereocenters. The summed E-state index contributed by atoms with van der Waals surface area (Å²) in [5.41, 5.74) is 2.68. The highest BCUT2D eigenvalue weighted by molar-refractivity contribution is 6.03. The number of benzene rings is 2. The number of allylic oxidation sites excluding steroid dienone is 1. The predicted molar refractivity (Wildman–Crippen MR) is 102 cm³/mol. The van der Waals surface area contributed by atoms with Crippen molar-refractivity contribution < 1.29 is 14.7 Å². The lowest BCUT2D eigenvalue weighted by molar-refractivity contribution is -0.119. The van der Waals surface area contributed by atoms with Crippen LogP contribution in [-0.2, 0) is 4.79 Å². The molecule has 3 aromatic rings. The van der Waals surface area contributed by atoms with E-state index in [-0.39, 0.29) is 17.6 Å². The Hall–Kier alpha value is -3.41. The fraction of sp³-hybridized carbons (Fsp3) is 0.190. The van der Waals surface area contributed by atoms with Crippen LogP contribution in [0.5, 0.6) is 0 Å². The van der Waals surface area contributed by atoms with Gasteiger partial charge in [0.15, 0.2) is 0 Å². The van der Waals surface area contributed by atoms with Crippen LogP contribution in [0.3, 0.4) is 0 Å². The first-order valence-corrected chi connectivity index (χ1v) is 8.73. The van der Waals surface area contributed by atoms with E-state index in [1.165, 1.54) is 11.5 Å². The lowest BCUT2D eigenvalue weighted by atomic mass is 9.80. The summed E-state index contributed by atoms with van der Waals surface area (Å²) < 4.78 is 1.49. The van der Waals surface area contributed by atoms with E-state index in [9.17, 15) is 14.7 Å². The van der Waals surface area contributed by atoms with Crippen molar-refractivity contribution in [1.29, 1.82) is 0 Å². The number of hydrogen-bond donors (Lipinski definition) is 2. The van der Waals surface area contributed by atoms with Gasteiger partial charge in [0.1, 0.15) is 11.9 Å². The SMILES string of the molecule is CC(=O)N[C@H]1C(=O)n2c(nc3ccccc32)C(=C(C)O)[C@H]1c1ccccc1. The Bertz CT molecular complexity index is 1080. The van der Waals surface area contributed by atoms with Gasteiger partial charge >= 0.3 is 0 Å². The molecular weight excluding hydrogens is 342 g/mol. The number of nitrogens with one attached hydrogen (secondary N) is 1. The summed E-state index contributed by atoms with van der Waals surface area (Å²) in [6, 6.07) is 15.8. The maximum absolute atomic E-state index is 13.4. The van der Waals surface area contributed by atoms with Crippen LogP contribution in [0.15, 0.2) is 60.4 Å². The number of aliphatic hydroxyl groups excluding tert-OH is 1. The molecule has 0 fully saturated rings. The van der Waals surface area contributed by atoms with Gasteiger partial charge in [-0.25, -0.2) is 4.98 Å². The average Bonchev–Trinajstić information content (AvgIpc) is 3.03. The minimum Gasteiger partial charge on any atom is -0.512 e. The molecule has 0 unspecified atom stereocenters. The smallest absolute Gasteiger partial charge is 0.256 e. The number of para-hydroxylation sites is 2. The van der Waals surface area contributed by atoms with Gasteiger partial charge in [-0.1, -0.05) is 42.5 Å². The van der Waals surface area contributed by atoms with Crippen molar-refractivity contribution in [3.63, 3.8) is 0 Å². The van der Waals surface area contributed by atoms with Crippen LogP contribution in [0.2, 0.25) is 0 Å². The third kappa shape index (κ3) is 2.70. The first-order chi connectivity index (χ1) is 13.0. The predicted octanol–water partition coefficient (Wildman–Crippen LogP) is 3.27. The molecule has 1 amide bonds. The average molecular weight is 361 g/mol. The van der Waals surface area contributed by atoms with Crippen molar-refractivity contribution >= 4 is 28.4 Å². The number of rotatable bonds is 2. The van der Waals surface area contributed by atoms with E-state index in [2.05, 4.69) is 10.3 Å². The largest absolute Gasteiger partial charge is 0.512 e. The van der Waals surface area contributed by atoms with Crippen molar-refractivity contribution in [2.24, 2.45) is 0 Å². The van der Waals surface area contributed by atoms with Gasteiger partial charge in [0.2, 0.25) is 5.91 Å². The quantitative estimate of drug-likeness (QED) is 0.686. The number of amides is 1. The van der Waals surface area contributed by atoms with E-state index in [4.69, 9.17) is 0 Å². The molecule has 2 heterocycles. The summed E-state index contributed by atoms with van der Waals surface area (Å²) in [6.07, 6.45) is 0. The summed E-state index contributed by atoms with van der Waals surface area (Å²) in [6.45, 7) is 2.96. The summed E-state index contributed by atoms with van der Waals surface area (Å²) >= 11 is 0. The molecular formula is C21H19N3O3. The monoisotopic (exact) mass is 361 g/mol. The van der Waals surface area contributed by atoms with Crippen molar-refractivity contribution in [3.8, 4) is 0 Å². The maximum Gasteiger partial charge on any atom is 0.256 e. The third-order valence-electron chi connectivity index (χ3n) is 4.84. The molecule has 2 aromatic carbocycles. The number of aliphatic hydroxyl groups is 1. The number of fused-ring (bicyclic) bond motifs is 3. The zero-order valence-electron chi connectivity index (χ0n) is 15.0. The van der Waals surface area contributed by atoms with Gasteiger partial charge in [0, 0.05) is 18.4 Å². The molecule has 0 saturated carbocycles. The van der Waals surface area contributed by atoms with Gasteiger partial charge in [-0.05, 0) is 24.6 Å². The lowest BCUT2D eigenvalue weighted by Crippen LogP contribution is -2.50. The third-order valence-corrected chi connectivity index (χ3v) is 4.84. The Labute approximate surface area is 156 Å². The number of carbonyl (C=O) groups is 2. The molecule has 1 aliphatic rings. The van der Waals surface area contributed by atoms with E-state index in [1.54, 1.807) is 6.92 Å². The minimum absolute atomic E-state index is 0.0725. The van der Waals surface area contributed by atoms with Gasteiger partial charge in [0.05, 0.1) is 16.8 Å². The topological polar surface area (TPSA) is 84.2 Å². The second-order valence-electron chi connectivity index (χ2n) is 6.66. The molecule has 136 valence electrons. The fourth-order valence-electron chi connectivity index (χ4n) is 3.79. The Balaban J connectivity index is 2.04. The number of imidazole rings is 1. The Morgan fingerprint density at radius 2 is 1.74 bits per heavy atom. The lowest BCUT2D eigenvalue weighted by Gasteiger charge is -2.34. The minimum atomic E-state index is -0.841. The molecule has 0 aliphatic carbocycles. The summed E-state index contributed by atoms with van der Waals surface area (Å²) in [5.74, 6) is -0.623. The number of hydrogen-bond acceptors (Lipinski definition) is 4. The zero-order valence-corrected chi connectivity index (χ0v) is 15.0. The van der Waals surface area contributed by atoms with Crippen molar-refractivity contribution in [3.05, 3.63) is 71.7 Å². The number of carbonyl (C=O) groups excluding carboxylic acids is 2. The molecule has 1 aliphatic heterocycles. The van der Waals surface area contributed by atoms with Gasteiger partial charge in [-0.3, -0.25) is 14.2 Å². The van der Waals surface area contributed by atoms with E-state index >= 15 is 0 Å². The zero-order chi connectivity index (χ0) is 19.1. The first kappa shape index (κ1) is 17.0. The van der Waals surface area contributed by atoms with Crippen molar-refractivity contribution in [2.45, 2.75) is 25.8 Å². The summed E-state index contributed by atoms with van der Waals surface area (Å²) in [4.78, 5) is 29.8. The Morgan fingerprint density at radius 1 is 1.07 bits per heavy atom. The van der Waals surface area contributed by atoms with Gasteiger partial charge in [-0.15, -0.1) is 0 Å². The molecule has 0 saturated heterocycles. The Kier molecular flexibility index (Phi) is 4.03. The van der Waals surface area contributed by atoms with Crippen molar-refractivity contribution in [2.75, 3.05) is 0 Å². The van der Waals surface area contributed by atoms with Gasteiger partial charge in [0.25, 0.3) is 5.91 Å². The van der Waals surface area contributed by atoms with Crippen LogP contribution in [0, 0.1) is 0 Å². The fourth-order valence-corrected chi connectivity index (χ4v) is 3.79. The van der Waals surface area contributed by atoms with Crippen LogP contribution in [-0.4, -0.2) is 32.5 Å². The van der Waals surface area contributed by atoms with Crippen LogP contribution < -0.4 is 5.32 Å². The van der Waals surface area contributed by atoms with Crippen LogP contribution >= 0.6 is 0 Å². The van der Waals surface area contributed by atoms with Crippen LogP contribution in [0.25, 0.3) is 16.6 Å². The molecule has 2 N–H and O–H groups in total. The first-order valence-electron chi connectivity index (χ1n) is 8.73. The maximum atomic E-state index is 13.4. The van der Waals surface area contributed by atoms with Crippen molar-refractivity contribution in [1.82, 2.24) is 14.9 Å². The van der Waals surface area contributed by atoms with Gasteiger partial charge < -0.3 is 10.4 Å². The molecule has 0 spiro atoms. The highest BCUT2D eigenvalue weighted by atomic mass is 16.3. The summed E-state index contributed by atoms with van der Waals surface area (Å²) in [5, 5.41) is 13.3. The molecule has 4 rings (SSSR count). The second-order valence-corrected chi connectivity index (χ2v) is 6.66. The highest BCUT2D eigenvalue weighted by Crippen LogP contribution is 2.41. The van der Waals surface area contributed by atoms with E-state index in [1.807, 2.05) is 54.6 Å². The number of aromatic nitrogens is 2. The van der Waals surface area contributed by atoms with E-state index in [0.29, 0.717) is 22.4 Å². The van der Waals surface area contributed by atoms with Gasteiger partial charge in [-0.2, -0.15) is 0 Å². The second kappa shape index (κ2) is 6.39. The summed E-state index contributed by atoms with van der Waals surface area (Å²) in [7, 11) is 0. The molecule has 1 aromatic heterocycles. The Morgan fingerprint density at radius 3 is 2.41 bits per heavy atom. The van der Waals surface area contributed by atoms with E-state index in [0.717, 1.165) is 5.56 Å². The molecule has 0 radical (unpaired) electrons. The number of nitrogens with zero attached hydrogens (tertiary/aromatic N) is 2. The molecule has 6 heteroatoms. The van der Waals surface area contributed by atoms with Crippen LogP contribution in [0.4, 0.5) is 0 Å². The standard InChI is InChI=1S/C21H19N3O3/c1-12(25)17-18(14-8-4-3-5-9-14)19(22-13(2)26)21(27)24-16-11-7-6-10-15(16)23-20(17)24/h3-11,18-19,25H,1-2H3,(H,22,26)/t18-,19-/m1/s1. The van der Waals surface area contributed by atoms with Crippen LogP contribution in [0.1, 0.15) is 35.9 Å². The van der Waals surface area contributed by atoms with E-state index < -0.39 is 12.0 Å². The molecule has 27 heavy (non-hydrogen) atoms. The molecule has 6 nitrogen and oxygen atoms in total. The normalized spacial score (nSPS) is 21.0.